The Morgan fingerprint density at radius 1 is 1.07 bits per heavy atom. The van der Waals surface area contributed by atoms with E-state index in [1.54, 1.807) is 0 Å². The summed E-state index contributed by atoms with van der Waals surface area (Å²) in [5.41, 5.74) is 2.81. The maximum absolute atomic E-state index is 9.77. The zero-order valence-electron chi connectivity index (χ0n) is 9.67. The average Bonchev–Trinajstić information content (AvgIpc) is 2.73. The molecule has 0 saturated carbocycles. The summed E-state index contributed by atoms with van der Waals surface area (Å²) in [6, 6.07) is 0. The highest BCUT2D eigenvalue weighted by Crippen LogP contribution is 2.31. The van der Waals surface area contributed by atoms with Crippen molar-refractivity contribution >= 4 is 5.82 Å². The van der Waals surface area contributed by atoms with Crippen LogP contribution < -0.4 is 4.90 Å². The van der Waals surface area contributed by atoms with Gasteiger partial charge in [-0.1, -0.05) is 0 Å². The van der Waals surface area contributed by atoms with Gasteiger partial charge in [-0.05, 0) is 44.7 Å². The van der Waals surface area contributed by atoms with Crippen LogP contribution in [0.1, 0.15) is 29.7 Å². The molecule has 1 saturated heterocycles. The molecular weight excluding hydrogens is 188 g/mol. The van der Waals surface area contributed by atoms with E-state index in [2.05, 4.69) is 9.88 Å². The zero-order valence-corrected chi connectivity index (χ0v) is 9.67. The van der Waals surface area contributed by atoms with Crippen molar-refractivity contribution in [2.24, 2.45) is 0 Å². The van der Waals surface area contributed by atoms with Gasteiger partial charge in [-0.2, -0.15) is 0 Å². The summed E-state index contributed by atoms with van der Waals surface area (Å²) in [4.78, 5) is 6.81. The van der Waals surface area contributed by atoms with Crippen LogP contribution in [0, 0.1) is 20.8 Å². The summed E-state index contributed by atoms with van der Waals surface area (Å²) < 4.78 is 0. The summed E-state index contributed by atoms with van der Waals surface area (Å²) >= 11 is 0. The Morgan fingerprint density at radius 2 is 1.67 bits per heavy atom. The van der Waals surface area contributed by atoms with E-state index in [0.29, 0.717) is 5.75 Å². The number of aryl methyl sites for hydroxylation is 1. The molecule has 2 heterocycles. The Morgan fingerprint density at radius 3 is 2.27 bits per heavy atom. The first kappa shape index (κ1) is 10.3. The summed E-state index contributed by atoms with van der Waals surface area (Å²) in [7, 11) is 0. The third-order valence-corrected chi connectivity index (χ3v) is 3.28. The van der Waals surface area contributed by atoms with Crippen LogP contribution in [0.4, 0.5) is 5.82 Å². The van der Waals surface area contributed by atoms with Gasteiger partial charge in [-0.25, -0.2) is 4.98 Å². The van der Waals surface area contributed by atoms with Crippen LogP contribution in [0.25, 0.3) is 0 Å². The second-order valence-corrected chi connectivity index (χ2v) is 4.31. The lowest BCUT2D eigenvalue weighted by Gasteiger charge is -2.21. The van der Waals surface area contributed by atoms with Gasteiger partial charge in [0.25, 0.3) is 0 Å². The number of hydrogen-bond acceptors (Lipinski definition) is 3. The molecule has 1 aromatic rings. The van der Waals surface area contributed by atoms with E-state index in [9.17, 15) is 5.11 Å². The molecule has 0 unspecified atom stereocenters. The van der Waals surface area contributed by atoms with Crippen molar-refractivity contribution in [2.45, 2.75) is 33.6 Å². The summed E-state index contributed by atoms with van der Waals surface area (Å²) in [6.07, 6.45) is 2.50. The van der Waals surface area contributed by atoms with Crippen LogP contribution >= 0.6 is 0 Å². The van der Waals surface area contributed by atoms with Crippen LogP contribution in [0.3, 0.4) is 0 Å². The summed E-state index contributed by atoms with van der Waals surface area (Å²) in [6.45, 7) is 8.05. The topological polar surface area (TPSA) is 36.4 Å². The minimum Gasteiger partial charge on any atom is -0.506 e. The molecule has 3 nitrogen and oxygen atoms in total. The number of rotatable bonds is 1. The molecule has 3 heteroatoms. The lowest BCUT2D eigenvalue weighted by atomic mass is 10.1. The van der Waals surface area contributed by atoms with Crippen molar-refractivity contribution < 1.29 is 5.11 Å². The molecule has 0 bridgehead atoms. The van der Waals surface area contributed by atoms with Gasteiger partial charge in [0, 0.05) is 13.1 Å². The molecule has 0 spiro atoms. The fraction of sp³-hybridized carbons (Fsp3) is 0.583. The third-order valence-electron chi connectivity index (χ3n) is 3.28. The Kier molecular flexibility index (Phi) is 2.55. The molecule has 0 amide bonds. The number of anilines is 1. The zero-order chi connectivity index (χ0) is 11.0. The lowest BCUT2D eigenvalue weighted by Crippen LogP contribution is -2.20. The third kappa shape index (κ3) is 1.66. The molecule has 2 rings (SSSR count). The highest BCUT2D eigenvalue weighted by molar-refractivity contribution is 5.56. The predicted octanol–water partition coefficient (Wildman–Crippen LogP) is 2.31. The molecule has 1 aromatic heterocycles. The van der Waals surface area contributed by atoms with E-state index in [4.69, 9.17) is 0 Å². The van der Waals surface area contributed by atoms with Crippen molar-refractivity contribution in [3.05, 3.63) is 16.8 Å². The predicted molar refractivity (Wildman–Crippen MR) is 61.6 cm³/mol. The molecule has 1 fully saturated rings. The second kappa shape index (κ2) is 3.72. The molecule has 82 valence electrons. The quantitative estimate of drug-likeness (QED) is 0.766. The number of aromatic hydroxyl groups is 1. The van der Waals surface area contributed by atoms with Crippen LogP contribution in [-0.2, 0) is 0 Å². The molecule has 1 aliphatic rings. The highest BCUT2D eigenvalue weighted by Gasteiger charge is 2.19. The van der Waals surface area contributed by atoms with Gasteiger partial charge in [0.05, 0.1) is 5.69 Å². The SMILES string of the molecule is Cc1nc(N2CCCC2)c(C)c(C)c1O. The molecule has 1 N–H and O–H groups in total. The van der Waals surface area contributed by atoms with E-state index in [0.717, 1.165) is 35.7 Å². The Hall–Kier alpha value is -1.25. The monoisotopic (exact) mass is 206 g/mol. The van der Waals surface area contributed by atoms with Crippen LogP contribution in [-0.4, -0.2) is 23.2 Å². The first-order chi connectivity index (χ1) is 7.11. The fourth-order valence-electron chi connectivity index (χ4n) is 2.15. The summed E-state index contributed by atoms with van der Waals surface area (Å²) in [5, 5.41) is 9.77. The van der Waals surface area contributed by atoms with Crippen LogP contribution in [0.2, 0.25) is 0 Å². The molecular formula is C12H18N2O. The van der Waals surface area contributed by atoms with Gasteiger partial charge in [0.2, 0.25) is 0 Å². The Balaban J connectivity index is 2.47. The highest BCUT2D eigenvalue weighted by atomic mass is 16.3. The first-order valence-corrected chi connectivity index (χ1v) is 5.53. The van der Waals surface area contributed by atoms with Gasteiger partial charge in [-0.3, -0.25) is 0 Å². The van der Waals surface area contributed by atoms with E-state index in [1.165, 1.54) is 12.8 Å². The smallest absolute Gasteiger partial charge is 0.140 e. The van der Waals surface area contributed by atoms with Gasteiger partial charge >= 0.3 is 0 Å². The average molecular weight is 206 g/mol. The number of aromatic nitrogens is 1. The number of hydrogen-bond donors (Lipinski definition) is 1. The summed E-state index contributed by atoms with van der Waals surface area (Å²) in [5.74, 6) is 1.40. The minimum atomic E-state index is 0.343. The van der Waals surface area contributed by atoms with E-state index < -0.39 is 0 Å². The molecule has 0 aromatic carbocycles. The number of nitrogens with zero attached hydrogens (tertiary/aromatic N) is 2. The Bertz CT molecular complexity index is 382. The van der Waals surface area contributed by atoms with Crippen molar-refractivity contribution in [1.82, 2.24) is 4.98 Å². The van der Waals surface area contributed by atoms with Crippen molar-refractivity contribution in [1.29, 1.82) is 0 Å². The van der Waals surface area contributed by atoms with Gasteiger partial charge in [0.15, 0.2) is 0 Å². The normalized spacial score (nSPS) is 16.1. The Labute approximate surface area is 90.8 Å². The van der Waals surface area contributed by atoms with Crippen LogP contribution in [0.5, 0.6) is 5.75 Å². The van der Waals surface area contributed by atoms with Gasteiger partial charge < -0.3 is 10.0 Å². The largest absolute Gasteiger partial charge is 0.506 e. The van der Waals surface area contributed by atoms with Crippen molar-refractivity contribution in [3.8, 4) is 5.75 Å². The molecule has 15 heavy (non-hydrogen) atoms. The maximum Gasteiger partial charge on any atom is 0.140 e. The first-order valence-electron chi connectivity index (χ1n) is 5.53. The molecule has 0 atom stereocenters. The number of pyridine rings is 1. The molecule has 0 radical (unpaired) electrons. The van der Waals surface area contributed by atoms with Crippen molar-refractivity contribution in [2.75, 3.05) is 18.0 Å². The maximum atomic E-state index is 9.77. The fourth-order valence-corrected chi connectivity index (χ4v) is 2.15. The standard InChI is InChI=1S/C12H18N2O/c1-8-9(2)12(13-10(3)11(8)15)14-6-4-5-7-14/h15H,4-7H2,1-3H3. The van der Waals surface area contributed by atoms with Crippen molar-refractivity contribution in [3.63, 3.8) is 0 Å². The van der Waals surface area contributed by atoms with Crippen LogP contribution in [0.15, 0.2) is 0 Å². The van der Waals surface area contributed by atoms with E-state index in [-0.39, 0.29) is 0 Å². The molecule has 1 aliphatic heterocycles. The van der Waals surface area contributed by atoms with E-state index >= 15 is 0 Å². The second-order valence-electron chi connectivity index (χ2n) is 4.31. The van der Waals surface area contributed by atoms with Gasteiger partial charge in [-0.15, -0.1) is 0 Å². The van der Waals surface area contributed by atoms with Gasteiger partial charge in [0.1, 0.15) is 11.6 Å². The lowest BCUT2D eigenvalue weighted by molar-refractivity contribution is 0.462. The molecule has 0 aliphatic carbocycles. The van der Waals surface area contributed by atoms with E-state index in [1.807, 2.05) is 20.8 Å². The minimum absolute atomic E-state index is 0.343.